The summed E-state index contributed by atoms with van der Waals surface area (Å²) in [4.78, 5) is 26.5. The summed E-state index contributed by atoms with van der Waals surface area (Å²) in [5, 5.41) is 9.33. The molecule has 3 aromatic carbocycles. The summed E-state index contributed by atoms with van der Waals surface area (Å²) in [7, 11) is 1.28. The number of rotatable bonds is 13. The summed E-state index contributed by atoms with van der Waals surface area (Å²) in [6.45, 7) is 1.57. The van der Waals surface area contributed by atoms with Crippen LogP contribution in [0.25, 0.3) is 0 Å². The van der Waals surface area contributed by atoms with Gasteiger partial charge in [0.15, 0.2) is 0 Å². The second-order valence-electron chi connectivity index (χ2n) is 11.2. The number of nitrogens with one attached hydrogen (secondary N) is 3. The van der Waals surface area contributed by atoms with Crippen LogP contribution in [0.15, 0.2) is 84.9 Å². The number of benzene rings is 3. The first-order chi connectivity index (χ1) is 21.4. The van der Waals surface area contributed by atoms with Crippen molar-refractivity contribution in [3.63, 3.8) is 0 Å². The van der Waals surface area contributed by atoms with Gasteiger partial charge in [0.05, 0.1) is 19.8 Å². The fourth-order valence-corrected chi connectivity index (χ4v) is 6.44. The van der Waals surface area contributed by atoms with Crippen LogP contribution in [0.3, 0.4) is 0 Å². The van der Waals surface area contributed by atoms with Gasteiger partial charge in [-0.2, -0.15) is 4.31 Å². The second kappa shape index (κ2) is 15.4. The molecule has 2 aliphatic rings. The zero-order chi connectivity index (χ0) is 30.9. The molecule has 234 valence electrons. The SMILES string of the molecule is COC(=O)N[C@H](C(=O)Nc1ccccc1CC[C@@H]1CN[C@H](CN(C2CC2)S(=O)O)CO1)C(c1ccccc1)c1ccccc1. The van der Waals surface area contributed by atoms with Crippen molar-refractivity contribution in [2.75, 3.05) is 32.1 Å². The summed E-state index contributed by atoms with van der Waals surface area (Å²) in [6, 6.07) is 26.1. The van der Waals surface area contributed by atoms with Gasteiger partial charge in [0.1, 0.15) is 6.04 Å². The van der Waals surface area contributed by atoms with Crippen molar-refractivity contribution in [1.29, 1.82) is 0 Å². The Labute approximate surface area is 260 Å². The van der Waals surface area contributed by atoms with E-state index in [2.05, 4.69) is 16.0 Å². The van der Waals surface area contributed by atoms with Crippen molar-refractivity contribution >= 4 is 29.0 Å². The van der Waals surface area contributed by atoms with Crippen LogP contribution in [-0.4, -0.2) is 76.1 Å². The predicted octanol–water partition coefficient (Wildman–Crippen LogP) is 4.07. The van der Waals surface area contributed by atoms with E-state index in [9.17, 15) is 18.4 Å². The number of carbonyl (C=O) groups excluding carboxylic acids is 2. The number of anilines is 1. The highest BCUT2D eigenvalue weighted by atomic mass is 32.2. The van der Waals surface area contributed by atoms with Crippen molar-refractivity contribution in [3.05, 3.63) is 102 Å². The summed E-state index contributed by atoms with van der Waals surface area (Å²) in [5.74, 6) is -0.821. The quantitative estimate of drug-likeness (QED) is 0.212. The zero-order valence-electron chi connectivity index (χ0n) is 24.8. The highest BCUT2D eigenvalue weighted by Gasteiger charge is 2.36. The molecule has 1 aliphatic heterocycles. The number of methoxy groups -OCH3 is 1. The number of ether oxygens (including phenoxy) is 2. The Hall–Kier alpha value is -3.61. The maximum atomic E-state index is 14.0. The molecule has 11 heteroatoms. The lowest BCUT2D eigenvalue weighted by molar-refractivity contribution is -0.118. The third-order valence-electron chi connectivity index (χ3n) is 8.13. The Morgan fingerprint density at radius 1 is 1.02 bits per heavy atom. The van der Waals surface area contributed by atoms with E-state index in [1.54, 1.807) is 4.31 Å². The lowest BCUT2D eigenvalue weighted by Crippen LogP contribution is -2.52. The average Bonchev–Trinajstić information content (AvgIpc) is 3.90. The maximum Gasteiger partial charge on any atom is 0.407 e. The Morgan fingerprint density at radius 2 is 1.66 bits per heavy atom. The summed E-state index contributed by atoms with van der Waals surface area (Å²) < 4.78 is 34.0. The molecule has 1 heterocycles. The number of alkyl carbamates (subject to hydrolysis) is 1. The molecule has 0 aromatic heterocycles. The van der Waals surface area contributed by atoms with Gasteiger partial charge in [-0.3, -0.25) is 9.35 Å². The van der Waals surface area contributed by atoms with Crippen LogP contribution in [0.1, 0.15) is 41.9 Å². The molecule has 0 bridgehead atoms. The average molecular weight is 621 g/mol. The van der Waals surface area contributed by atoms with Crippen LogP contribution in [0.2, 0.25) is 0 Å². The standard InChI is InChI=1S/C33H40N4O6S/c1-42-33(39)36-31(30(24-11-4-2-5-12-24)25-13-6-3-7-14-25)32(38)35-29-15-9-8-10-23(29)16-19-28-20-34-26(22-43-28)21-37(44(40)41)27-17-18-27/h2-15,26-28,30-31,34H,16-22H2,1H3,(H,35,38)(H,36,39)(H,40,41)/t26-,28-,31+/m1/s1. The van der Waals surface area contributed by atoms with E-state index >= 15 is 0 Å². The second-order valence-corrected chi connectivity index (χ2v) is 12.2. The topological polar surface area (TPSA) is 129 Å². The third-order valence-corrected chi connectivity index (χ3v) is 8.97. The van der Waals surface area contributed by atoms with E-state index in [4.69, 9.17) is 9.47 Å². The fourth-order valence-electron chi connectivity index (χ4n) is 5.66. The number of nitrogens with zero attached hydrogens (tertiary/aromatic N) is 1. The Balaban J connectivity index is 1.26. The largest absolute Gasteiger partial charge is 0.453 e. The Kier molecular flexibility index (Phi) is 11.1. The molecule has 4 atom stereocenters. The van der Waals surface area contributed by atoms with Crippen LogP contribution >= 0.6 is 0 Å². The molecule has 3 aromatic rings. The number of morpholine rings is 1. The minimum Gasteiger partial charge on any atom is -0.453 e. The van der Waals surface area contributed by atoms with E-state index in [0.29, 0.717) is 31.8 Å². The van der Waals surface area contributed by atoms with Gasteiger partial charge < -0.3 is 25.4 Å². The van der Waals surface area contributed by atoms with Crippen LogP contribution in [0, 0.1) is 0 Å². The van der Waals surface area contributed by atoms with Crippen molar-refractivity contribution in [2.45, 2.75) is 55.8 Å². The molecule has 1 saturated heterocycles. The Morgan fingerprint density at radius 3 is 2.23 bits per heavy atom. The number of hydrogen-bond acceptors (Lipinski definition) is 6. The van der Waals surface area contributed by atoms with Gasteiger partial charge in [-0.1, -0.05) is 78.9 Å². The summed E-state index contributed by atoms with van der Waals surface area (Å²) >= 11 is -1.98. The van der Waals surface area contributed by atoms with Gasteiger partial charge in [-0.25, -0.2) is 9.00 Å². The molecule has 10 nitrogen and oxygen atoms in total. The van der Waals surface area contributed by atoms with Crippen molar-refractivity contribution < 1.29 is 27.8 Å². The van der Waals surface area contributed by atoms with Crippen LogP contribution in [0.4, 0.5) is 10.5 Å². The molecule has 4 N–H and O–H groups in total. The summed E-state index contributed by atoms with van der Waals surface area (Å²) in [5.41, 5.74) is 3.39. The van der Waals surface area contributed by atoms with Crippen molar-refractivity contribution in [3.8, 4) is 0 Å². The molecule has 1 unspecified atom stereocenters. The molecular weight excluding hydrogens is 580 g/mol. The lowest BCUT2D eigenvalue weighted by atomic mass is 9.84. The van der Waals surface area contributed by atoms with E-state index in [-0.39, 0.29) is 24.1 Å². The number of amides is 2. The van der Waals surface area contributed by atoms with E-state index in [0.717, 1.165) is 36.0 Å². The number of hydrogen-bond donors (Lipinski definition) is 4. The minimum absolute atomic E-state index is 0.00376. The smallest absolute Gasteiger partial charge is 0.407 e. The number of para-hydroxylation sites is 1. The Bertz CT molecular complexity index is 1360. The maximum absolute atomic E-state index is 14.0. The van der Waals surface area contributed by atoms with Gasteiger partial charge in [0.2, 0.25) is 17.2 Å². The first-order valence-corrected chi connectivity index (χ1v) is 16.0. The monoisotopic (exact) mass is 620 g/mol. The van der Waals surface area contributed by atoms with E-state index in [1.165, 1.54) is 7.11 Å². The molecule has 2 amide bonds. The van der Waals surface area contributed by atoms with Crippen molar-refractivity contribution in [2.24, 2.45) is 0 Å². The molecule has 5 rings (SSSR count). The molecule has 0 spiro atoms. The highest BCUT2D eigenvalue weighted by Crippen LogP contribution is 2.30. The van der Waals surface area contributed by atoms with Crippen LogP contribution < -0.4 is 16.0 Å². The fraction of sp³-hybridized carbons (Fsp3) is 0.394. The number of aryl methyl sites for hydroxylation is 1. The van der Waals surface area contributed by atoms with Crippen LogP contribution in [0.5, 0.6) is 0 Å². The van der Waals surface area contributed by atoms with E-state index < -0.39 is 29.3 Å². The first-order valence-electron chi connectivity index (χ1n) is 15.0. The predicted molar refractivity (Wildman–Crippen MR) is 169 cm³/mol. The summed E-state index contributed by atoms with van der Waals surface area (Å²) in [6.07, 6.45) is 2.58. The lowest BCUT2D eigenvalue weighted by Gasteiger charge is -2.33. The molecule has 1 saturated carbocycles. The van der Waals surface area contributed by atoms with Crippen LogP contribution in [-0.2, 0) is 32.0 Å². The first kappa shape index (κ1) is 31.8. The molecule has 2 fully saturated rings. The highest BCUT2D eigenvalue weighted by molar-refractivity contribution is 7.76. The molecule has 1 aliphatic carbocycles. The van der Waals surface area contributed by atoms with Gasteiger partial charge in [0, 0.05) is 36.8 Å². The molecule has 44 heavy (non-hydrogen) atoms. The zero-order valence-corrected chi connectivity index (χ0v) is 25.6. The minimum atomic E-state index is -1.98. The van der Waals surface area contributed by atoms with Gasteiger partial charge in [0.25, 0.3) is 0 Å². The van der Waals surface area contributed by atoms with Crippen molar-refractivity contribution in [1.82, 2.24) is 14.9 Å². The van der Waals surface area contributed by atoms with Gasteiger partial charge in [-0.05, 0) is 48.4 Å². The normalized spacial score (nSPS) is 19.7. The van der Waals surface area contributed by atoms with Gasteiger partial charge in [-0.15, -0.1) is 0 Å². The van der Waals surface area contributed by atoms with E-state index in [1.807, 2.05) is 84.9 Å². The molecule has 0 radical (unpaired) electrons. The van der Waals surface area contributed by atoms with Gasteiger partial charge >= 0.3 is 6.09 Å². The molecular formula is C33H40N4O6S. The number of carbonyl (C=O) groups is 2. The third kappa shape index (κ3) is 8.52.